The molecule has 8 heteroatoms. The van der Waals surface area contributed by atoms with Crippen LogP contribution in [-0.4, -0.2) is 48.2 Å². The second-order valence-corrected chi connectivity index (χ2v) is 10.4. The second-order valence-electron chi connectivity index (χ2n) is 8.94. The molecular formula is C24H28ClFN4OS. The first-order chi connectivity index (χ1) is 15.5. The summed E-state index contributed by atoms with van der Waals surface area (Å²) in [5.41, 5.74) is 1.87. The molecule has 1 saturated heterocycles. The van der Waals surface area contributed by atoms with Crippen molar-refractivity contribution in [1.29, 1.82) is 0 Å². The molecule has 0 bridgehead atoms. The van der Waals surface area contributed by atoms with Crippen molar-refractivity contribution < 1.29 is 9.13 Å². The minimum Gasteiger partial charge on any atom is -0.379 e. The number of morpholine rings is 1. The van der Waals surface area contributed by atoms with Crippen LogP contribution < -0.4 is 4.90 Å². The topological polar surface area (TPSA) is 41.5 Å². The van der Waals surface area contributed by atoms with Crippen molar-refractivity contribution >= 4 is 39.0 Å². The summed E-state index contributed by atoms with van der Waals surface area (Å²) in [6.07, 6.45) is 3.32. The largest absolute Gasteiger partial charge is 0.379 e. The lowest BCUT2D eigenvalue weighted by molar-refractivity contribution is 0.0331. The third-order valence-corrected chi connectivity index (χ3v) is 7.97. The van der Waals surface area contributed by atoms with Crippen molar-refractivity contribution in [2.45, 2.75) is 39.3 Å². The summed E-state index contributed by atoms with van der Waals surface area (Å²) in [5, 5.41) is 1.58. The number of benzene rings is 1. The summed E-state index contributed by atoms with van der Waals surface area (Å²) in [6, 6.07) is 4.84. The predicted molar refractivity (Wildman–Crippen MR) is 128 cm³/mol. The van der Waals surface area contributed by atoms with Crippen LogP contribution in [0.25, 0.3) is 10.2 Å². The Balaban J connectivity index is 1.56. The third-order valence-electron chi connectivity index (χ3n) is 6.47. The lowest BCUT2D eigenvalue weighted by Crippen LogP contribution is -2.36. The van der Waals surface area contributed by atoms with Crippen molar-refractivity contribution in [1.82, 2.24) is 14.9 Å². The van der Waals surface area contributed by atoms with Gasteiger partial charge >= 0.3 is 0 Å². The quantitative estimate of drug-likeness (QED) is 0.516. The molecule has 1 atom stereocenters. The molecule has 1 aromatic carbocycles. The molecule has 1 aliphatic heterocycles. The summed E-state index contributed by atoms with van der Waals surface area (Å²) < 4.78 is 20.0. The van der Waals surface area contributed by atoms with E-state index in [4.69, 9.17) is 26.3 Å². The molecule has 1 aliphatic carbocycles. The molecule has 3 heterocycles. The predicted octanol–water partition coefficient (Wildman–Crippen LogP) is 5.08. The average molecular weight is 475 g/mol. The lowest BCUT2D eigenvalue weighted by atomic mass is 9.89. The molecule has 0 N–H and O–H groups in total. The molecule has 32 heavy (non-hydrogen) atoms. The van der Waals surface area contributed by atoms with Gasteiger partial charge in [-0.2, -0.15) is 0 Å². The monoisotopic (exact) mass is 474 g/mol. The summed E-state index contributed by atoms with van der Waals surface area (Å²) in [4.78, 5) is 16.8. The zero-order valence-corrected chi connectivity index (χ0v) is 20.1. The Hall–Kier alpha value is -1.80. The second kappa shape index (κ2) is 9.21. The summed E-state index contributed by atoms with van der Waals surface area (Å²) in [5.74, 6) is 2.09. The van der Waals surface area contributed by atoms with Gasteiger partial charge in [0.2, 0.25) is 0 Å². The molecule has 3 aromatic rings. The first kappa shape index (κ1) is 22.0. The Morgan fingerprint density at radius 2 is 2.09 bits per heavy atom. The van der Waals surface area contributed by atoms with E-state index in [1.165, 1.54) is 22.9 Å². The molecular weight excluding hydrogens is 447 g/mol. The first-order valence-corrected chi connectivity index (χ1v) is 12.4. The number of ether oxygens (including phenoxy) is 1. The number of rotatable bonds is 5. The Morgan fingerprint density at radius 1 is 1.28 bits per heavy atom. The van der Waals surface area contributed by atoms with Crippen molar-refractivity contribution in [3.63, 3.8) is 0 Å². The number of aromatic nitrogens is 2. The first-order valence-electron chi connectivity index (χ1n) is 11.2. The van der Waals surface area contributed by atoms with Gasteiger partial charge in [0.25, 0.3) is 0 Å². The Bertz CT molecular complexity index is 1110. The molecule has 2 aliphatic rings. The van der Waals surface area contributed by atoms with E-state index in [0.29, 0.717) is 29.6 Å². The van der Waals surface area contributed by atoms with Gasteiger partial charge in [0.15, 0.2) is 0 Å². The summed E-state index contributed by atoms with van der Waals surface area (Å²) >= 11 is 8.14. The number of anilines is 1. The maximum atomic E-state index is 14.5. The highest BCUT2D eigenvalue weighted by atomic mass is 35.5. The van der Waals surface area contributed by atoms with E-state index >= 15 is 0 Å². The molecule has 170 valence electrons. The third kappa shape index (κ3) is 4.36. The van der Waals surface area contributed by atoms with Crippen LogP contribution in [0.5, 0.6) is 0 Å². The standard InChI is InChI=1S/C24H28ClFN4OS/c1-15-6-7-16-20(12-15)32-24-22(16)23(27-21(28-24)14-30-8-10-31-11-9-30)29(2)13-17-18(25)4-3-5-19(17)26/h3-5,15H,6-14H2,1-2H3/t15-/m1/s1. The molecule has 0 saturated carbocycles. The van der Waals surface area contributed by atoms with Gasteiger partial charge in [-0.15, -0.1) is 11.3 Å². The van der Waals surface area contributed by atoms with E-state index in [1.54, 1.807) is 23.5 Å². The van der Waals surface area contributed by atoms with Gasteiger partial charge in [0.1, 0.15) is 22.3 Å². The minimum atomic E-state index is -0.288. The van der Waals surface area contributed by atoms with E-state index in [1.807, 2.05) is 11.9 Å². The fourth-order valence-corrected chi connectivity index (χ4v) is 6.29. The number of halogens is 2. The Kier molecular flexibility index (Phi) is 6.34. The van der Waals surface area contributed by atoms with Crippen LogP contribution in [0, 0.1) is 11.7 Å². The van der Waals surface area contributed by atoms with Crippen LogP contribution in [0.3, 0.4) is 0 Å². The van der Waals surface area contributed by atoms with Gasteiger partial charge in [0.05, 0.1) is 25.1 Å². The van der Waals surface area contributed by atoms with Crippen LogP contribution in [0.4, 0.5) is 10.2 Å². The molecule has 2 aromatic heterocycles. The fraction of sp³-hybridized carbons (Fsp3) is 0.500. The van der Waals surface area contributed by atoms with Crippen molar-refractivity contribution in [3.05, 3.63) is 50.9 Å². The normalized spacial score (nSPS) is 19.3. The average Bonchev–Trinajstić information content (AvgIpc) is 3.13. The van der Waals surface area contributed by atoms with Crippen LogP contribution in [-0.2, 0) is 30.7 Å². The minimum absolute atomic E-state index is 0.288. The van der Waals surface area contributed by atoms with Gasteiger partial charge in [-0.1, -0.05) is 24.6 Å². The zero-order valence-electron chi connectivity index (χ0n) is 18.5. The number of thiophene rings is 1. The highest BCUT2D eigenvalue weighted by Crippen LogP contribution is 2.41. The molecule has 0 radical (unpaired) electrons. The highest BCUT2D eigenvalue weighted by Gasteiger charge is 2.26. The molecule has 1 fully saturated rings. The van der Waals surface area contributed by atoms with Gasteiger partial charge in [-0.25, -0.2) is 14.4 Å². The van der Waals surface area contributed by atoms with Crippen molar-refractivity contribution in [2.75, 3.05) is 38.3 Å². The van der Waals surface area contributed by atoms with Gasteiger partial charge in [0, 0.05) is 42.1 Å². The number of aryl methyl sites for hydroxylation is 1. The van der Waals surface area contributed by atoms with Crippen LogP contribution in [0.15, 0.2) is 18.2 Å². The lowest BCUT2D eigenvalue weighted by Gasteiger charge is -2.27. The van der Waals surface area contributed by atoms with Gasteiger partial charge in [-0.05, 0) is 42.9 Å². The molecule has 0 unspecified atom stereocenters. The molecule has 0 spiro atoms. The maximum Gasteiger partial charge on any atom is 0.146 e. The maximum absolute atomic E-state index is 14.5. The van der Waals surface area contributed by atoms with Crippen molar-refractivity contribution in [2.24, 2.45) is 5.92 Å². The van der Waals surface area contributed by atoms with E-state index in [9.17, 15) is 4.39 Å². The summed E-state index contributed by atoms with van der Waals surface area (Å²) in [6.45, 7) is 6.62. The van der Waals surface area contributed by atoms with Gasteiger partial charge < -0.3 is 9.64 Å². The van der Waals surface area contributed by atoms with Crippen LogP contribution >= 0.6 is 22.9 Å². The number of hydrogen-bond donors (Lipinski definition) is 0. The number of hydrogen-bond acceptors (Lipinski definition) is 6. The molecule has 0 amide bonds. The smallest absolute Gasteiger partial charge is 0.146 e. The van der Waals surface area contributed by atoms with E-state index < -0.39 is 0 Å². The van der Waals surface area contributed by atoms with Crippen LogP contribution in [0.1, 0.15) is 35.2 Å². The van der Waals surface area contributed by atoms with Crippen LogP contribution in [0.2, 0.25) is 5.02 Å². The molecule has 5 nitrogen and oxygen atoms in total. The highest BCUT2D eigenvalue weighted by molar-refractivity contribution is 7.19. The zero-order chi connectivity index (χ0) is 22.2. The fourth-order valence-electron chi connectivity index (χ4n) is 4.67. The Labute approximate surface area is 197 Å². The van der Waals surface area contributed by atoms with Crippen molar-refractivity contribution in [3.8, 4) is 0 Å². The molecule has 5 rings (SSSR count). The number of nitrogens with zero attached hydrogens (tertiary/aromatic N) is 4. The number of fused-ring (bicyclic) bond motifs is 3. The van der Waals surface area contributed by atoms with E-state index in [0.717, 1.165) is 61.0 Å². The summed E-state index contributed by atoms with van der Waals surface area (Å²) in [7, 11) is 1.97. The van der Waals surface area contributed by atoms with E-state index in [2.05, 4.69) is 11.8 Å². The van der Waals surface area contributed by atoms with E-state index in [-0.39, 0.29) is 5.82 Å². The van der Waals surface area contributed by atoms with Gasteiger partial charge in [-0.3, -0.25) is 4.90 Å². The Morgan fingerprint density at radius 3 is 2.88 bits per heavy atom. The SMILES string of the molecule is C[C@@H]1CCc2c(sc3nc(CN4CCOCC4)nc(N(C)Cc4c(F)cccc4Cl)c23)C1.